The van der Waals surface area contributed by atoms with Crippen LogP contribution in [0.1, 0.15) is 27.0 Å². The molecule has 0 aromatic heterocycles. The average Bonchev–Trinajstić information content (AvgIpc) is 2.67. The van der Waals surface area contributed by atoms with E-state index < -0.39 is 9.84 Å². The molecule has 0 spiro atoms. The minimum absolute atomic E-state index is 0.158. The van der Waals surface area contributed by atoms with E-state index in [9.17, 15) is 18.3 Å². The molecule has 0 amide bonds. The topological polar surface area (TPSA) is 71.4 Å². The predicted octanol–water partition coefficient (Wildman–Crippen LogP) is 4.57. The Morgan fingerprint density at radius 1 is 0.964 bits per heavy atom. The maximum absolute atomic E-state index is 12.6. The Morgan fingerprint density at radius 2 is 1.64 bits per heavy atom. The van der Waals surface area contributed by atoms with Gasteiger partial charge in [-0.3, -0.25) is 4.79 Å². The molecule has 0 atom stereocenters. The summed E-state index contributed by atoms with van der Waals surface area (Å²) in [5.74, 6) is -0.229. The molecule has 0 fully saturated rings. The number of hydrogen-bond donors (Lipinski definition) is 1. The molecular weight excluding hydrogens is 372 g/mol. The van der Waals surface area contributed by atoms with Crippen LogP contribution in [0.3, 0.4) is 0 Å². The molecule has 1 N–H and O–H groups in total. The van der Waals surface area contributed by atoms with E-state index in [-0.39, 0.29) is 22.2 Å². The fourth-order valence-electron chi connectivity index (χ4n) is 2.72. The molecular formula is C23H20O4S. The van der Waals surface area contributed by atoms with Crippen LogP contribution in [0.5, 0.6) is 5.75 Å². The van der Waals surface area contributed by atoms with Gasteiger partial charge in [-0.05, 0) is 54.5 Å². The first kappa shape index (κ1) is 19.6. The van der Waals surface area contributed by atoms with Gasteiger partial charge in [0, 0.05) is 5.56 Å². The zero-order valence-electron chi connectivity index (χ0n) is 15.4. The van der Waals surface area contributed by atoms with Crippen LogP contribution in [0.4, 0.5) is 0 Å². The van der Waals surface area contributed by atoms with E-state index in [0.29, 0.717) is 11.1 Å². The van der Waals surface area contributed by atoms with Crippen molar-refractivity contribution in [1.29, 1.82) is 0 Å². The summed E-state index contributed by atoms with van der Waals surface area (Å²) in [7, 11) is -3.48. The highest BCUT2D eigenvalue weighted by Gasteiger charge is 2.16. The van der Waals surface area contributed by atoms with Crippen LogP contribution in [-0.2, 0) is 15.6 Å². The first-order valence-electron chi connectivity index (χ1n) is 8.73. The molecule has 0 saturated carbocycles. The summed E-state index contributed by atoms with van der Waals surface area (Å²) in [6, 6.07) is 19.9. The summed E-state index contributed by atoms with van der Waals surface area (Å²) < 4.78 is 25.2. The van der Waals surface area contributed by atoms with Gasteiger partial charge in [0.1, 0.15) is 5.75 Å². The fraction of sp³-hybridized carbons (Fsp3) is 0.0870. The van der Waals surface area contributed by atoms with Gasteiger partial charge in [0.2, 0.25) is 0 Å². The third-order valence-electron chi connectivity index (χ3n) is 4.27. The molecule has 3 aromatic carbocycles. The van der Waals surface area contributed by atoms with Crippen molar-refractivity contribution in [3.63, 3.8) is 0 Å². The smallest absolute Gasteiger partial charge is 0.185 e. The van der Waals surface area contributed by atoms with Gasteiger partial charge in [-0.1, -0.05) is 54.1 Å². The summed E-state index contributed by atoms with van der Waals surface area (Å²) in [6.07, 6.45) is 3.08. The third-order valence-corrected chi connectivity index (χ3v) is 5.97. The molecule has 3 aromatic rings. The lowest BCUT2D eigenvalue weighted by Gasteiger charge is -2.06. The van der Waals surface area contributed by atoms with Crippen LogP contribution in [-0.4, -0.2) is 19.3 Å². The Labute approximate surface area is 164 Å². The van der Waals surface area contributed by atoms with Crippen molar-refractivity contribution < 1.29 is 18.3 Å². The van der Waals surface area contributed by atoms with Gasteiger partial charge in [0.25, 0.3) is 0 Å². The number of rotatable bonds is 6. The van der Waals surface area contributed by atoms with Gasteiger partial charge in [-0.2, -0.15) is 0 Å². The van der Waals surface area contributed by atoms with Gasteiger partial charge < -0.3 is 5.11 Å². The van der Waals surface area contributed by atoms with Crippen LogP contribution >= 0.6 is 0 Å². The van der Waals surface area contributed by atoms with E-state index in [1.165, 1.54) is 6.08 Å². The highest BCUT2D eigenvalue weighted by atomic mass is 32.2. The Morgan fingerprint density at radius 3 is 2.32 bits per heavy atom. The van der Waals surface area contributed by atoms with E-state index in [4.69, 9.17) is 0 Å². The van der Waals surface area contributed by atoms with Crippen molar-refractivity contribution in [3.8, 4) is 5.75 Å². The highest BCUT2D eigenvalue weighted by molar-refractivity contribution is 7.90. The monoisotopic (exact) mass is 392 g/mol. The van der Waals surface area contributed by atoms with Gasteiger partial charge in [-0.25, -0.2) is 8.42 Å². The van der Waals surface area contributed by atoms with Crippen LogP contribution in [0.25, 0.3) is 6.08 Å². The summed E-state index contributed by atoms with van der Waals surface area (Å²) in [5, 5.41) is 9.29. The van der Waals surface area contributed by atoms with Crippen molar-refractivity contribution in [2.75, 3.05) is 0 Å². The first-order valence-corrected chi connectivity index (χ1v) is 10.4. The average molecular weight is 392 g/mol. The molecule has 0 aliphatic heterocycles. The number of phenols is 1. The second kappa shape index (κ2) is 8.23. The molecule has 0 aliphatic carbocycles. The normalized spacial score (nSPS) is 11.6. The van der Waals surface area contributed by atoms with Crippen molar-refractivity contribution in [2.45, 2.75) is 17.6 Å². The standard InChI is InChI=1S/C23H20O4S/c1-17-5-12-22(13-6-17)28(26,27)16-19-3-2-4-20(15-19)23(25)14-9-18-7-10-21(24)11-8-18/h2-15,24H,16H2,1H3/b14-9+. The van der Waals surface area contributed by atoms with Crippen LogP contribution in [0.15, 0.2) is 83.8 Å². The van der Waals surface area contributed by atoms with E-state index in [1.807, 2.05) is 6.92 Å². The van der Waals surface area contributed by atoms with Crippen LogP contribution < -0.4 is 0 Å². The van der Waals surface area contributed by atoms with Crippen molar-refractivity contribution in [1.82, 2.24) is 0 Å². The quantitative estimate of drug-likeness (QED) is 0.493. The Kier molecular flexibility index (Phi) is 5.76. The summed E-state index contributed by atoms with van der Waals surface area (Å²) in [6.45, 7) is 1.90. The molecule has 0 unspecified atom stereocenters. The molecule has 0 saturated heterocycles. The first-order chi connectivity index (χ1) is 13.3. The Hall–Kier alpha value is -3.18. The van der Waals surface area contributed by atoms with Crippen molar-refractivity contribution in [2.24, 2.45) is 0 Å². The second-order valence-corrected chi connectivity index (χ2v) is 8.55. The lowest BCUT2D eigenvalue weighted by atomic mass is 10.1. The van der Waals surface area contributed by atoms with Crippen LogP contribution in [0.2, 0.25) is 0 Å². The minimum atomic E-state index is -3.48. The molecule has 28 heavy (non-hydrogen) atoms. The number of sulfone groups is 1. The molecule has 3 rings (SSSR count). The molecule has 0 radical (unpaired) electrons. The zero-order valence-corrected chi connectivity index (χ0v) is 16.2. The van der Waals surface area contributed by atoms with Crippen LogP contribution in [0, 0.1) is 6.92 Å². The van der Waals surface area contributed by atoms with Gasteiger partial charge in [0.05, 0.1) is 10.6 Å². The summed E-state index contributed by atoms with van der Waals surface area (Å²) in [4.78, 5) is 12.7. The van der Waals surface area contributed by atoms with E-state index in [1.54, 1.807) is 78.9 Å². The second-order valence-electron chi connectivity index (χ2n) is 6.56. The lowest BCUT2D eigenvalue weighted by molar-refractivity contribution is 0.104. The van der Waals surface area contributed by atoms with Crippen molar-refractivity contribution in [3.05, 3.63) is 101 Å². The Balaban J connectivity index is 1.77. The molecule has 0 heterocycles. The molecule has 5 heteroatoms. The third kappa shape index (κ3) is 4.96. The number of phenolic OH excluding ortho intramolecular Hbond substituents is 1. The lowest BCUT2D eigenvalue weighted by Crippen LogP contribution is -2.06. The molecule has 0 bridgehead atoms. The number of carbonyl (C=O) groups is 1. The van der Waals surface area contributed by atoms with E-state index >= 15 is 0 Å². The van der Waals surface area contributed by atoms with Gasteiger partial charge in [0.15, 0.2) is 15.6 Å². The molecule has 4 nitrogen and oxygen atoms in total. The number of aryl methyl sites for hydroxylation is 1. The van der Waals surface area contributed by atoms with E-state index in [2.05, 4.69) is 0 Å². The number of carbonyl (C=O) groups excluding carboxylic acids is 1. The van der Waals surface area contributed by atoms with E-state index in [0.717, 1.165) is 11.1 Å². The predicted molar refractivity (Wildman–Crippen MR) is 110 cm³/mol. The Bertz CT molecular complexity index is 1110. The SMILES string of the molecule is Cc1ccc(S(=O)(=O)Cc2cccc(C(=O)/C=C/c3ccc(O)cc3)c2)cc1. The summed E-state index contributed by atoms with van der Waals surface area (Å²) >= 11 is 0. The maximum Gasteiger partial charge on any atom is 0.185 e. The largest absolute Gasteiger partial charge is 0.508 e. The number of benzene rings is 3. The fourth-order valence-corrected chi connectivity index (χ4v) is 4.05. The molecule has 142 valence electrons. The zero-order chi connectivity index (χ0) is 20.1. The number of allylic oxidation sites excluding steroid dienone is 1. The molecule has 0 aliphatic rings. The minimum Gasteiger partial charge on any atom is -0.508 e. The highest BCUT2D eigenvalue weighted by Crippen LogP contribution is 2.18. The number of ketones is 1. The van der Waals surface area contributed by atoms with Crippen molar-refractivity contribution >= 4 is 21.7 Å². The number of aromatic hydroxyl groups is 1. The maximum atomic E-state index is 12.6. The van der Waals surface area contributed by atoms with Gasteiger partial charge in [-0.15, -0.1) is 0 Å². The van der Waals surface area contributed by atoms with Gasteiger partial charge >= 0.3 is 0 Å². The number of hydrogen-bond acceptors (Lipinski definition) is 4. The summed E-state index contributed by atoms with van der Waals surface area (Å²) in [5.41, 5.74) is 2.76.